The highest BCUT2D eigenvalue weighted by molar-refractivity contribution is 5.20. The lowest BCUT2D eigenvalue weighted by molar-refractivity contribution is -0.375. The Morgan fingerprint density at radius 1 is 1.07 bits per heavy atom. The van der Waals surface area contributed by atoms with E-state index >= 15 is 0 Å². The van der Waals surface area contributed by atoms with Crippen LogP contribution >= 0.6 is 0 Å². The predicted octanol–water partition coefficient (Wildman–Crippen LogP) is 2.59. The Morgan fingerprint density at radius 2 is 1.73 bits per heavy atom. The van der Waals surface area contributed by atoms with Gasteiger partial charge in [-0.2, -0.15) is 0 Å². The minimum absolute atomic E-state index is 0.700. The monoisotopic (exact) mass is 204 g/mol. The second kappa shape index (κ2) is 5.32. The van der Waals surface area contributed by atoms with Crippen LogP contribution in [0.3, 0.4) is 0 Å². The van der Waals surface area contributed by atoms with Gasteiger partial charge >= 0.3 is 0 Å². The molecule has 82 valence electrons. The fourth-order valence-corrected chi connectivity index (χ4v) is 2.91. The summed E-state index contributed by atoms with van der Waals surface area (Å²) in [4.78, 5) is 0. The van der Waals surface area contributed by atoms with E-state index in [2.05, 4.69) is 36.1 Å². The SMILES string of the molecule is [NH3+]C[C@@H](c1ccccc1)C1CCCCC1. The van der Waals surface area contributed by atoms with Crippen molar-refractivity contribution >= 4 is 0 Å². The molecule has 1 aliphatic carbocycles. The molecule has 1 fully saturated rings. The molecule has 1 aromatic carbocycles. The summed E-state index contributed by atoms with van der Waals surface area (Å²) in [5, 5.41) is 0. The molecule has 15 heavy (non-hydrogen) atoms. The zero-order valence-corrected chi connectivity index (χ0v) is 9.49. The third-order valence-electron chi connectivity index (χ3n) is 3.76. The van der Waals surface area contributed by atoms with Crippen molar-refractivity contribution in [1.29, 1.82) is 0 Å². The van der Waals surface area contributed by atoms with Crippen LogP contribution in [0, 0.1) is 5.92 Å². The van der Waals surface area contributed by atoms with Gasteiger partial charge in [-0.1, -0.05) is 49.6 Å². The van der Waals surface area contributed by atoms with E-state index < -0.39 is 0 Å². The van der Waals surface area contributed by atoms with Crippen LogP contribution in [0.5, 0.6) is 0 Å². The molecule has 3 N–H and O–H groups in total. The van der Waals surface area contributed by atoms with Gasteiger partial charge in [0.05, 0.1) is 6.54 Å². The third-order valence-corrected chi connectivity index (χ3v) is 3.76. The van der Waals surface area contributed by atoms with Crippen LogP contribution in [0.2, 0.25) is 0 Å². The maximum absolute atomic E-state index is 4.14. The molecule has 0 unspecified atom stereocenters. The Labute approximate surface area is 92.7 Å². The minimum atomic E-state index is 0.700. The van der Waals surface area contributed by atoms with Gasteiger partial charge in [0.1, 0.15) is 0 Å². The number of rotatable bonds is 3. The zero-order chi connectivity index (χ0) is 10.5. The van der Waals surface area contributed by atoms with E-state index in [0.29, 0.717) is 5.92 Å². The highest BCUT2D eigenvalue weighted by Crippen LogP contribution is 2.34. The summed E-state index contributed by atoms with van der Waals surface area (Å²) in [5.74, 6) is 1.59. The van der Waals surface area contributed by atoms with E-state index in [1.54, 1.807) is 0 Å². The molecule has 1 aromatic rings. The molecule has 0 saturated heterocycles. The van der Waals surface area contributed by atoms with Crippen LogP contribution in [0.25, 0.3) is 0 Å². The molecule has 0 aromatic heterocycles. The molecular weight excluding hydrogens is 182 g/mol. The minimum Gasteiger partial charge on any atom is -0.357 e. The van der Waals surface area contributed by atoms with E-state index in [1.165, 1.54) is 37.7 Å². The maximum Gasteiger partial charge on any atom is 0.0812 e. The average molecular weight is 204 g/mol. The summed E-state index contributed by atoms with van der Waals surface area (Å²) < 4.78 is 0. The molecule has 1 saturated carbocycles. The van der Waals surface area contributed by atoms with Gasteiger partial charge in [0.2, 0.25) is 0 Å². The predicted molar refractivity (Wildman–Crippen MR) is 63.5 cm³/mol. The smallest absolute Gasteiger partial charge is 0.0812 e. The molecule has 0 spiro atoms. The van der Waals surface area contributed by atoms with Gasteiger partial charge < -0.3 is 5.73 Å². The standard InChI is InChI=1S/C14H21N/c15-11-14(12-7-3-1-4-8-12)13-9-5-2-6-10-13/h1,3-4,7-8,13-14H,2,5-6,9-11,15H2/p+1/t14-/m0/s1. The van der Waals surface area contributed by atoms with E-state index in [0.717, 1.165) is 12.5 Å². The summed E-state index contributed by atoms with van der Waals surface area (Å²) in [7, 11) is 0. The van der Waals surface area contributed by atoms with Gasteiger partial charge in [-0.3, -0.25) is 0 Å². The number of hydrogen-bond acceptors (Lipinski definition) is 0. The molecule has 1 atom stereocenters. The Hall–Kier alpha value is -0.820. The van der Waals surface area contributed by atoms with Crippen molar-refractivity contribution in [3.8, 4) is 0 Å². The van der Waals surface area contributed by atoms with Crippen molar-refractivity contribution in [3.05, 3.63) is 35.9 Å². The Balaban J connectivity index is 2.09. The summed E-state index contributed by atoms with van der Waals surface area (Å²) in [6.07, 6.45) is 7.11. The van der Waals surface area contributed by atoms with Crippen molar-refractivity contribution in [2.45, 2.75) is 38.0 Å². The van der Waals surface area contributed by atoms with E-state index in [-0.39, 0.29) is 0 Å². The second-order valence-electron chi connectivity index (χ2n) is 4.70. The molecular formula is C14H22N+. The van der Waals surface area contributed by atoms with Crippen molar-refractivity contribution in [2.75, 3.05) is 6.54 Å². The van der Waals surface area contributed by atoms with Gasteiger partial charge in [0, 0.05) is 5.92 Å². The van der Waals surface area contributed by atoms with E-state index in [1.807, 2.05) is 0 Å². The van der Waals surface area contributed by atoms with Crippen LogP contribution in [0.15, 0.2) is 30.3 Å². The first kappa shape index (κ1) is 10.7. The van der Waals surface area contributed by atoms with Crippen molar-refractivity contribution < 1.29 is 5.73 Å². The van der Waals surface area contributed by atoms with E-state index in [9.17, 15) is 0 Å². The van der Waals surface area contributed by atoms with Crippen molar-refractivity contribution in [3.63, 3.8) is 0 Å². The Bertz CT molecular complexity index is 275. The first-order valence-electron chi connectivity index (χ1n) is 6.26. The Kier molecular flexibility index (Phi) is 3.79. The zero-order valence-electron chi connectivity index (χ0n) is 9.49. The topological polar surface area (TPSA) is 27.6 Å². The quantitative estimate of drug-likeness (QED) is 0.784. The first-order valence-corrected chi connectivity index (χ1v) is 6.26. The van der Waals surface area contributed by atoms with Crippen LogP contribution in [0.4, 0.5) is 0 Å². The molecule has 0 heterocycles. The number of benzene rings is 1. The van der Waals surface area contributed by atoms with Gasteiger partial charge in [-0.15, -0.1) is 0 Å². The highest BCUT2D eigenvalue weighted by atomic mass is 14.6. The lowest BCUT2D eigenvalue weighted by atomic mass is 9.77. The molecule has 1 aliphatic rings. The fraction of sp³-hybridized carbons (Fsp3) is 0.571. The van der Waals surface area contributed by atoms with Gasteiger partial charge in [0.25, 0.3) is 0 Å². The summed E-state index contributed by atoms with van der Waals surface area (Å²) in [6.45, 7) is 1.05. The molecule has 0 bridgehead atoms. The van der Waals surface area contributed by atoms with Crippen LogP contribution in [0.1, 0.15) is 43.6 Å². The number of hydrogen-bond donors (Lipinski definition) is 1. The molecule has 1 heteroatoms. The van der Waals surface area contributed by atoms with Gasteiger partial charge in [0.15, 0.2) is 0 Å². The lowest BCUT2D eigenvalue weighted by Crippen LogP contribution is -2.54. The molecule has 0 radical (unpaired) electrons. The van der Waals surface area contributed by atoms with Crippen LogP contribution in [-0.4, -0.2) is 6.54 Å². The molecule has 0 aliphatic heterocycles. The van der Waals surface area contributed by atoms with Crippen LogP contribution in [-0.2, 0) is 0 Å². The molecule has 1 nitrogen and oxygen atoms in total. The Morgan fingerprint density at radius 3 is 2.33 bits per heavy atom. The van der Waals surface area contributed by atoms with Crippen molar-refractivity contribution in [2.24, 2.45) is 5.92 Å². The first-order chi connectivity index (χ1) is 7.42. The summed E-state index contributed by atoms with van der Waals surface area (Å²) in [6, 6.07) is 10.9. The largest absolute Gasteiger partial charge is 0.357 e. The molecule has 2 rings (SSSR count). The third kappa shape index (κ3) is 2.60. The van der Waals surface area contributed by atoms with Crippen LogP contribution < -0.4 is 5.73 Å². The van der Waals surface area contributed by atoms with Crippen molar-refractivity contribution in [1.82, 2.24) is 0 Å². The summed E-state index contributed by atoms with van der Waals surface area (Å²) in [5.41, 5.74) is 5.64. The maximum atomic E-state index is 4.14. The fourth-order valence-electron chi connectivity index (χ4n) is 2.91. The highest BCUT2D eigenvalue weighted by Gasteiger charge is 2.24. The van der Waals surface area contributed by atoms with Gasteiger partial charge in [-0.25, -0.2) is 0 Å². The average Bonchev–Trinajstić information content (AvgIpc) is 2.33. The van der Waals surface area contributed by atoms with Gasteiger partial charge in [-0.05, 0) is 24.3 Å². The number of quaternary nitrogens is 1. The normalized spacial score (nSPS) is 20.1. The summed E-state index contributed by atoms with van der Waals surface area (Å²) >= 11 is 0. The second-order valence-corrected chi connectivity index (χ2v) is 4.70. The lowest BCUT2D eigenvalue weighted by Gasteiger charge is -2.28. The van der Waals surface area contributed by atoms with E-state index in [4.69, 9.17) is 0 Å². The molecule has 0 amide bonds.